The number of benzene rings is 2. The number of fused-ring (bicyclic) bond motifs is 2. The second kappa shape index (κ2) is 8.57. The molecule has 8 nitrogen and oxygen atoms in total. The monoisotopic (exact) mass is 509 g/mol. The Morgan fingerprint density at radius 1 is 1.08 bits per heavy atom. The lowest BCUT2D eigenvalue weighted by molar-refractivity contribution is -0.141. The Balaban J connectivity index is 1.32. The summed E-state index contributed by atoms with van der Waals surface area (Å²) in [5.74, 6) is -0.479. The van der Waals surface area contributed by atoms with Crippen LogP contribution in [-0.2, 0) is 19.1 Å². The Kier molecular flexibility index (Phi) is 5.34. The van der Waals surface area contributed by atoms with Crippen LogP contribution in [0.1, 0.15) is 27.3 Å². The van der Waals surface area contributed by atoms with Gasteiger partial charge in [-0.05, 0) is 53.9 Å². The first-order valence-electron chi connectivity index (χ1n) is 11.0. The van der Waals surface area contributed by atoms with Gasteiger partial charge in [0.15, 0.2) is 5.69 Å². The Morgan fingerprint density at radius 2 is 1.97 bits per heavy atom. The first kappa shape index (κ1) is 22.4. The topological polar surface area (TPSA) is 111 Å². The molecule has 182 valence electrons. The van der Waals surface area contributed by atoms with Crippen molar-refractivity contribution < 1.29 is 18.0 Å². The first-order chi connectivity index (χ1) is 17.3. The molecule has 0 saturated carbocycles. The zero-order valence-electron chi connectivity index (χ0n) is 18.5. The van der Waals surface area contributed by atoms with Gasteiger partial charge in [-0.25, -0.2) is 4.98 Å². The summed E-state index contributed by atoms with van der Waals surface area (Å²) in [6, 6.07) is 10.9. The lowest BCUT2D eigenvalue weighted by Gasteiger charge is -2.19. The van der Waals surface area contributed by atoms with Crippen LogP contribution in [-0.4, -0.2) is 37.8 Å². The van der Waals surface area contributed by atoms with Crippen molar-refractivity contribution >= 4 is 33.8 Å². The smallest absolute Gasteiger partial charge is 0.320 e. The molecule has 3 aromatic heterocycles. The van der Waals surface area contributed by atoms with Crippen molar-refractivity contribution in [1.82, 2.24) is 30.7 Å². The predicted octanol–water partition coefficient (Wildman–Crippen LogP) is 4.99. The molecule has 12 heteroatoms. The largest absolute Gasteiger partial charge is 0.435 e. The summed E-state index contributed by atoms with van der Waals surface area (Å²) in [7, 11) is 0. The van der Waals surface area contributed by atoms with E-state index in [1.165, 1.54) is 16.5 Å². The van der Waals surface area contributed by atoms with Crippen LogP contribution in [0.25, 0.3) is 32.7 Å². The van der Waals surface area contributed by atoms with Crippen LogP contribution >= 0.6 is 11.3 Å². The number of halogens is 3. The molecule has 2 aromatic carbocycles. The van der Waals surface area contributed by atoms with Crippen molar-refractivity contribution in [3.05, 3.63) is 70.5 Å². The van der Waals surface area contributed by atoms with E-state index in [0.717, 1.165) is 58.9 Å². The standard InChI is InChI=1S/C24H18F3N7OS/c25-24(26,27)21-8-19(33-34-21)23-31-20(11-36-23)22(35)30-18-7-17-15(10-29-32-17)6-16(18)13-2-1-12-3-4-28-9-14(12)5-13/h1-2,5-8,10-11,28H,3-4,9H2,(H,29,32)(H,30,35)(H,33,34). The normalized spacial score (nSPS) is 13.6. The molecule has 36 heavy (non-hydrogen) atoms. The number of H-pyrrole nitrogens is 2. The number of carbonyl (C=O) groups excluding carboxylic acids is 1. The van der Waals surface area contributed by atoms with Crippen LogP contribution in [0.4, 0.5) is 18.9 Å². The molecule has 5 aromatic rings. The van der Waals surface area contributed by atoms with E-state index in [1.807, 2.05) is 18.2 Å². The molecule has 6 rings (SSSR count). The van der Waals surface area contributed by atoms with Crippen LogP contribution in [0.15, 0.2) is 48.0 Å². The molecule has 0 saturated heterocycles. The molecule has 1 amide bonds. The number of aromatic nitrogens is 5. The maximum absolute atomic E-state index is 13.1. The summed E-state index contributed by atoms with van der Waals surface area (Å²) in [6.07, 6.45) is -1.88. The average Bonchev–Trinajstić information content (AvgIpc) is 3.63. The van der Waals surface area contributed by atoms with E-state index in [0.29, 0.717) is 5.69 Å². The summed E-state index contributed by atoms with van der Waals surface area (Å²) in [4.78, 5) is 17.3. The maximum atomic E-state index is 13.1. The number of rotatable bonds is 4. The maximum Gasteiger partial charge on any atom is 0.435 e. The molecule has 0 radical (unpaired) electrons. The van der Waals surface area contributed by atoms with Crippen molar-refractivity contribution in [3.63, 3.8) is 0 Å². The van der Waals surface area contributed by atoms with Gasteiger partial charge in [0.05, 0.1) is 23.1 Å². The van der Waals surface area contributed by atoms with E-state index in [-0.39, 0.29) is 16.4 Å². The van der Waals surface area contributed by atoms with Crippen molar-refractivity contribution in [2.45, 2.75) is 19.1 Å². The molecular formula is C24H18F3N7OS. The van der Waals surface area contributed by atoms with Crippen molar-refractivity contribution in [1.29, 1.82) is 0 Å². The zero-order valence-corrected chi connectivity index (χ0v) is 19.3. The molecule has 4 N–H and O–H groups in total. The van der Waals surface area contributed by atoms with Gasteiger partial charge in [0.1, 0.15) is 10.7 Å². The van der Waals surface area contributed by atoms with Gasteiger partial charge in [0.2, 0.25) is 0 Å². The second-order valence-electron chi connectivity index (χ2n) is 8.42. The fourth-order valence-electron chi connectivity index (χ4n) is 4.25. The van der Waals surface area contributed by atoms with E-state index < -0.39 is 17.8 Å². The molecule has 1 aliphatic heterocycles. The van der Waals surface area contributed by atoms with E-state index in [4.69, 9.17) is 0 Å². The molecule has 0 unspecified atom stereocenters. The third-order valence-electron chi connectivity index (χ3n) is 6.07. The Bertz CT molecular complexity index is 1600. The summed E-state index contributed by atoms with van der Waals surface area (Å²) in [5.41, 5.74) is 4.74. The number of amides is 1. The van der Waals surface area contributed by atoms with Crippen molar-refractivity contribution in [2.75, 3.05) is 11.9 Å². The lowest BCUT2D eigenvalue weighted by atomic mass is 9.94. The van der Waals surface area contributed by atoms with Crippen LogP contribution in [0.3, 0.4) is 0 Å². The van der Waals surface area contributed by atoms with Gasteiger partial charge in [-0.3, -0.25) is 15.0 Å². The fraction of sp³-hybridized carbons (Fsp3) is 0.167. The van der Waals surface area contributed by atoms with Gasteiger partial charge in [0, 0.05) is 22.9 Å². The number of nitrogens with zero attached hydrogens (tertiary/aromatic N) is 3. The van der Waals surface area contributed by atoms with Crippen LogP contribution in [0, 0.1) is 0 Å². The number of hydrogen-bond donors (Lipinski definition) is 4. The van der Waals surface area contributed by atoms with E-state index in [2.05, 4.69) is 48.1 Å². The molecule has 0 bridgehead atoms. The van der Waals surface area contributed by atoms with Crippen LogP contribution in [0.2, 0.25) is 0 Å². The highest BCUT2D eigenvalue weighted by atomic mass is 32.1. The minimum Gasteiger partial charge on any atom is -0.320 e. The summed E-state index contributed by atoms with van der Waals surface area (Å²) < 4.78 is 38.6. The highest BCUT2D eigenvalue weighted by Crippen LogP contribution is 2.35. The highest BCUT2D eigenvalue weighted by Gasteiger charge is 2.34. The molecule has 0 fully saturated rings. The molecule has 1 aliphatic rings. The molecular weight excluding hydrogens is 491 g/mol. The number of alkyl halides is 3. The fourth-order valence-corrected chi connectivity index (χ4v) is 5.01. The first-order valence-corrected chi connectivity index (χ1v) is 11.9. The number of hydrogen-bond acceptors (Lipinski definition) is 6. The third kappa shape index (κ3) is 4.14. The average molecular weight is 510 g/mol. The van der Waals surface area contributed by atoms with E-state index in [9.17, 15) is 18.0 Å². The number of nitrogens with one attached hydrogen (secondary N) is 4. The molecule has 4 heterocycles. The van der Waals surface area contributed by atoms with E-state index in [1.54, 1.807) is 6.20 Å². The number of thiazole rings is 1. The Hall–Kier alpha value is -4.03. The molecule has 0 aliphatic carbocycles. The van der Waals surface area contributed by atoms with Crippen molar-refractivity contribution in [2.24, 2.45) is 0 Å². The second-order valence-corrected chi connectivity index (χ2v) is 9.28. The SMILES string of the molecule is O=C(Nc1cc2[nH]ncc2cc1-c1ccc2c(c1)CNCC2)c1csc(-c2cc(C(F)(F)F)n[nH]2)n1. The summed E-state index contributed by atoms with van der Waals surface area (Å²) in [6.45, 7) is 1.73. The van der Waals surface area contributed by atoms with Gasteiger partial charge >= 0.3 is 6.18 Å². The zero-order chi connectivity index (χ0) is 24.9. The summed E-state index contributed by atoms with van der Waals surface area (Å²) in [5, 5.41) is 21.5. The minimum atomic E-state index is -4.57. The predicted molar refractivity (Wildman–Crippen MR) is 130 cm³/mol. The Labute approximate surface area is 206 Å². The highest BCUT2D eigenvalue weighted by molar-refractivity contribution is 7.13. The van der Waals surface area contributed by atoms with Gasteiger partial charge in [-0.2, -0.15) is 23.4 Å². The van der Waals surface area contributed by atoms with Gasteiger partial charge in [0.25, 0.3) is 5.91 Å². The minimum absolute atomic E-state index is 0.0865. The van der Waals surface area contributed by atoms with Crippen LogP contribution in [0.5, 0.6) is 0 Å². The van der Waals surface area contributed by atoms with E-state index >= 15 is 0 Å². The summed E-state index contributed by atoms with van der Waals surface area (Å²) >= 11 is 1.05. The van der Waals surface area contributed by atoms with Gasteiger partial charge in [-0.1, -0.05) is 12.1 Å². The van der Waals surface area contributed by atoms with Crippen molar-refractivity contribution in [3.8, 4) is 21.8 Å². The Morgan fingerprint density at radius 3 is 2.81 bits per heavy atom. The number of aromatic amines is 2. The lowest BCUT2D eigenvalue weighted by Crippen LogP contribution is -2.23. The molecule has 0 atom stereocenters. The number of anilines is 1. The van der Waals surface area contributed by atoms with Gasteiger partial charge < -0.3 is 10.6 Å². The van der Waals surface area contributed by atoms with Gasteiger partial charge in [-0.15, -0.1) is 11.3 Å². The number of carbonyl (C=O) groups is 1. The molecule has 0 spiro atoms. The third-order valence-corrected chi connectivity index (χ3v) is 6.94. The van der Waals surface area contributed by atoms with Crippen LogP contribution < -0.4 is 10.6 Å². The quantitative estimate of drug-likeness (QED) is 0.273.